The van der Waals surface area contributed by atoms with Crippen molar-refractivity contribution in [2.75, 3.05) is 31.2 Å². The first-order valence-electron chi connectivity index (χ1n) is 6.57. The molecule has 6 nitrogen and oxygen atoms in total. The number of amides is 1. The van der Waals surface area contributed by atoms with Crippen molar-refractivity contribution in [3.05, 3.63) is 29.6 Å². The Hall–Kier alpha value is -1.91. The second-order valence-corrected chi connectivity index (χ2v) is 6.96. The van der Waals surface area contributed by atoms with Crippen molar-refractivity contribution < 1.29 is 18.3 Å². The van der Waals surface area contributed by atoms with E-state index < -0.39 is 9.84 Å². The molecule has 1 N–H and O–H groups in total. The minimum absolute atomic E-state index is 0.00343. The monoisotopic (exact) mass is 308 g/mol. The van der Waals surface area contributed by atoms with Gasteiger partial charge in [-0.1, -0.05) is 11.8 Å². The Morgan fingerprint density at radius 1 is 1.33 bits per heavy atom. The normalized spacial score (nSPS) is 16.9. The van der Waals surface area contributed by atoms with Gasteiger partial charge in [0, 0.05) is 31.3 Å². The van der Waals surface area contributed by atoms with E-state index in [-0.39, 0.29) is 42.8 Å². The Labute approximate surface area is 123 Å². The van der Waals surface area contributed by atoms with E-state index in [1.807, 2.05) is 0 Å². The molecule has 0 atom stereocenters. The van der Waals surface area contributed by atoms with Crippen molar-refractivity contribution in [2.24, 2.45) is 0 Å². The number of carbonyl (C=O) groups excluding carboxylic acids is 1. The number of carbonyl (C=O) groups is 1. The molecule has 1 aliphatic rings. The summed E-state index contributed by atoms with van der Waals surface area (Å²) < 4.78 is 22.7. The van der Waals surface area contributed by atoms with Crippen molar-refractivity contribution in [1.82, 2.24) is 9.88 Å². The van der Waals surface area contributed by atoms with Crippen molar-refractivity contribution >= 4 is 15.7 Å². The highest BCUT2D eigenvalue weighted by Crippen LogP contribution is 2.09. The van der Waals surface area contributed by atoms with E-state index in [0.717, 1.165) is 0 Å². The number of hydrogen-bond acceptors (Lipinski definition) is 5. The number of aromatic nitrogens is 1. The molecule has 0 spiro atoms. The molecule has 1 aromatic rings. The maximum Gasteiger partial charge on any atom is 0.272 e. The highest BCUT2D eigenvalue weighted by atomic mass is 32.2. The molecular weight excluding hydrogens is 292 g/mol. The number of aliphatic hydroxyl groups excluding tert-OH is 1. The predicted octanol–water partition coefficient (Wildman–Crippen LogP) is -0.314. The van der Waals surface area contributed by atoms with Gasteiger partial charge in [0.2, 0.25) is 0 Å². The van der Waals surface area contributed by atoms with Crippen LogP contribution >= 0.6 is 0 Å². The fourth-order valence-electron chi connectivity index (χ4n) is 1.89. The van der Waals surface area contributed by atoms with Gasteiger partial charge in [-0.25, -0.2) is 13.4 Å². The van der Waals surface area contributed by atoms with Crippen molar-refractivity contribution in [1.29, 1.82) is 0 Å². The average molecular weight is 308 g/mol. The molecule has 1 aromatic heterocycles. The van der Waals surface area contributed by atoms with Crippen LogP contribution < -0.4 is 0 Å². The first kappa shape index (κ1) is 15.5. The van der Waals surface area contributed by atoms with Crippen LogP contribution in [-0.4, -0.2) is 60.5 Å². The molecule has 2 rings (SSSR count). The van der Waals surface area contributed by atoms with Gasteiger partial charge >= 0.3 is 0 Å². The minimum Gasteiger partial charge on any atom is -0.395 e. The SMILES string of the molecule is O=C(c1ccc(C#CCCO)cn1)N1CCS(=O)(=O)CC1. The molecule has 0 bridgehead atoms. The first-order valence-corrected chi connectivity index (χ1v) is 8.39. The summed E-state index contributed by atoms with van der Waals surface area (Å²) in [5, 5.41) is 8.63. The Balaban J connectivity index is 2.02. The second kappa shape index (κ2) is 6.70. The molecule has 1 aliphatic heterocycles. The molecule has 7 heteroatoms. The van der Waals surface area contributed by atoms with Crippen LogP contribution in [0.15, 0.2) is 18.3 Å². The highest BCUT2D eigenvalue weighted by molar-refractivity contribution is 7.91. The number of nitrogens with zero attached hydrogens (tertiary/aromatic N) is 2. The van der Waals surface area contributed by atoms with E-state index in [1.165, 1.54) is 11.1 Å². The molecule has 21 heavy (non-hydrogen) atoms. The summed E-state index contributed by atoms with van der Waals surface area (Å²) in [6, 6.07) is 3.26. The van der Waals surface area contributed by atoms with Crippen LogP contribution in [0, 0.1) is 11.8 Å². The topological polar surface area (TPSA) is 87.6 Å². The van der Waals surface area contributed by atoms with E-state index in [0.29, 0.717) is 12.0 Å². The highest BCUT2D eigenvalue weighted by Gasteiger charge is 2.26. The third kappa shape index (κ3) is 4.28. The maximum absolute atomic E-state index is 12.2. The van der Waals surface area contributed by atoms with Crippen molar-refractivity contribution in [3.63, 3.8) is 0 Å². The molecular formula is C14H16N2O4S. The smallest absolute Gasteiger partial charge is 0.272 e. The van der Waals surface area contributed by atoms with Gasteiger partial charge in [-0.15, -0.1) is 0 Å². The lowest BCUT2D eigenvalue weighted by Gasteiger charge is -2.26. The largest absolute Gasteiger partial charge is 0.395 e. The quantitative estimate of drug-likeness (QED) is 0.757. The van der Waals surface area contributed by atoms with Crippen LogP contribution in [0.5, 0.6) is 0 Å². The molecule has 1 fully saturated rings. The van der Waals surface area contributed by atoms with E-state index in [4.69, 9.17) is 5.11 Å². The van der Waals surface area contributed by atoms with Crippen molar-refractivity contribution in [3.8, 4) is 11.8 Å². The summed E-state index contributed by atoms with van der Waals surface area (Å²) in [5.74, 6) is 5.34. The van der Waals surface area contributed by atoms with Crippen LogP contribution in [0.4, 0.5) is 0 Å². The average Bonchev–Trinajstić information content (AvgIpc) is 2.48. The molecule has 112 valence electrons. The lowest BCUT2D eigenvalue weighted by atomic mass is 10.2. The Kier molecular flexibility index (Phi) is 4.94. The molecule has 0 aliphatic carbocycles. The molecule has 1 saturated heterocycles. The van der Waals surface area contributed by atoms with Gasteiger partial charge in [-0.05, 0) is 12.1 Å². The van der Waals surface area contributed by atoms with Gasteiger partial charge in [-0.3, -0.25) is 4.79 Å². The number of pyridine rings is 1. The van der Waals surface area contributed by atoms with Crippen LogP contribution in [0.2, 0.25) is 0 Å². The van der Waals surface area contributed by atoms with Crippen LogP contribution in [0.3, 0.4) is 0 Å². The molecule has 1 amide bonds. The summed E-state index contributed by atoms with van der Waals surface area (Å²) in [6.07, 6.45) is 1.89. The standard InChI is InChI=1S/C14H16N2O4S/c17-8-2-1-3-12-4-5-13(15-11-12)14(18)16-6-9-21(19,20)10-7-16/h4-5,11,17H,2,6-10H2. The van der Waals surface area contributed by atoms with Crippen LogP contribution in [-0.2, 0) is 9.84 Å². The van der Waals surface area contributed by atoms with Gasteiger partial charge in [0.15, 0.2) is 9.84 Å². The number of sulfone groups is 1. The number of hydrogen-bond donors (Lipinski definition) is 1. The molecule has 0 radical (unpaired) electrons. The third-order valence-electron chi connectivity index (χ3n) is 3.08. The molecule has 0 aromatic carbocycles. The predicted molar refractivity (Wildman–Crippen MR) is 77.4 cm³/mol. The lowest BCUT2D eigenvalue weighted by molar-refractivity contribution is 0.0764. The summed E-state index contributed by atoms with van der Waals surface area (Å²) in [6.45, 7) is 0.427. The van der Waals surface area contributed by atoms with Gasteiger partial charge in [0.1, 0.15) is 5.69 Å². The second-order valence-electron chi connectivity index (χ2n) is 4.65. The Morgan fingerprint density at radius 2 is 2.05 bits per heavy atom. The fourth-order valence-corrected chi connectivity index (χ4v) is 3.09. The van der Waals surface area contributed by atoms with Gasteiger partial charge < -0.3 is 10.0 Å². The van der Waals surface area contributed by atoms with E-state index in [9.17, 15) is 13.2 Å². The zero-order chi connectivity index (χ0) is 15.3. The van der Waals surface area contributed by atoms with Crippen molar-refractivity contribution in [2.45, 2.75) is 6.42 Å². The summed E-state index contributed by atoms with van der Waals surface area (Å²) in [5.41, 5.74) is 0.947. The Morgan fingerprint density at radius 3 is 2.62 bits per heavy atom. The maximum atomic E-state index is 12.2. The van der Waals surface area contributed by atoms with Gasteiger partial charge in [0.25, 0.3) is 5.91 Å². The summed E-state index contributed by atoms with van der Waals surface area (Å²) in [4.78, 5) is 17.7. The van der Waals surface area contributed by atoms with E-state index in [1.54, 1.807) is 12.1 Å². The molecule has 0 saturated carbocycles. The number of aliphatic hydroxyl groups is 1. The van der Waals surface area contributed by atoms with Gasteiger partial charge in [0.05, 0.1) is 18.1 Å². The summed E-state index contributed by atoms with van der Waals surface area (Å²) >= 11 is 0. The minimum atomic E-state index is -3.00. The van der Waals surface area contributed by atoms with E-state index in [2.05, 4.69) is 16.8 Å². The van der Waals surface area contributed by atoms with Crippen LogP contribution in [0.25, 0.3) is 0 Å². The first-order chi connectivity index (χ1) is 10.0. The van der Waals surface area contributed by atoms with Crippen LogP contribution in [0.1, 0.15) is 22.5 Å². The lowest BCUT2D eigenvalue weighted by Crippen LogP contribution is -2.43. The third-order valence-corrected chi connectivity index (χ3v) is 4.69. The van der Waals surface area contributed by atoms with E-state index >= 15 is 0 Å². The van der Waals surface area contributed by atoms with Gasteiger partial charge in [-0.2, -0.15) is 0 Å². The fraction of sp³-hybridized carbons (Fsp3) is 0.429. The zero-order valence-corrected chi connectivity index (χ0v) is 12.3. The summed E-state index contributed by atoms with van der Waals surface area (Å²) in [7, 11) is -3.00. The molecule has 0 unspecified atom stereocenters. The Bertz CT molecular complexity index is 657. The molecule has 2 heterocycles. The number of rotatable bonds is 2. The zero-order valence-electron chi connectivity index (χ0n) is 11.4.